The second-order valence-electron chi connectivity index (χ2n) is 9.19. The summed E-state index contributed by atoms with van der Waals surface area (Å²) in [5.74, 6) is -0.0701. The summed E-state index contributed by atoms with van der Waals surface area (Å²) in [6.45, 7) is 8.53. The molecule has 3 rings (SSSR count). The number of pyridine rings is 1. The highest BCUT2D eigenvalue weighted by molar-refractivity contribution is 5.95. The van der Waals surface area contributed by atoms with Crippen molar-refractivity contribution >= 4 is 22.8 Å². The van der Waals surface area contributed by atoms with Gasteiger partial charge in [0.25, 0.3) is 0 Å². The van der Waals surface area contributed by atoms with Gasteiger partial charge in [0, 0.05) is 11.6 Å². The number of hydrogen-bond acceptors (Lipinski definition) is 8. The SMILES string of the molecule is CCCOC(=O)C(Cc1ccc(OCc2cnc3ccc(OC)cc3c2OC(C)C)cc1)C(=O)OCCC. The van der Waals surface area contributed by atoms with Crippen LogP contribution in [0.4, 0.5) is 0 Å². The molecule has 38 heavy (non-hydrogen) atoms. The number of hydrogen-bond donors (Lipinski definition) is 0. The third-order valence-electron chi connectivity index (χ3n) is 5.68. The first kappa shape index (κ1) is 28.8. The van der Waals surface area contributed by atoms with E-state index in [9.17, 15) is 9.59 Å². The molecule has 2 aromatic carbocycles. The third-order valence-corrected chi connectivity index (χ3v) is 5.68. The monoisotopic (exact) mass is 523 g/mol. The Kier molecular flexibility index (Phi) is 10.8. The predicted molar refractivity (Wildman–Crippen MR) is 145 cm³/mol. The van der Waals surface area contributed by atoms with E-state index in [0.717, 1.165) is 27.8 Å². The first-order valence-corrected chi connectivity index (χ1v) is 13.0. The number of rotatable bonds is 14. The summed E-state index contributed by atoms with van der Waals surface area (Å²) in [6, 6.07) is 12.9. The summed E-state index contributed by atoms with van der Waals surface area (Å²) in [5, 5.41) is 0.852. The van der Waals surface area contributed by atoms with Gasteiger partial charge >= 0.3 is 11.9 Å². The lowest BCUT2D eigenvalue weighted by atomic mass is 9.99. The van der Waals surface area contributed by atoms with Crippen LogP contribution < -0.4 is 14.2 Å². The van der Waals surface area contributed by atoms with Crippen LogP contribution in [-0.2, 0) is 32.1 Å². The van der Waals surface area contributed by atoms with Crippen LogP contribution in [0.15, 0.2) is 48.7 Å². The van der Waals surface area contributed by atoms with E-state index in [1.165, 1.54) is 0 Å². The summed E-state index contributed by atoms with van der Waals surface area (Å²) < 4.78 is 28.0. The Morgan fingerprint density at radius 1 is 0.895 bits per heavy atom. The largest absolute Gasteiger partial charge is 0.497 e. The van der Waals surface area contributed by atoms with Crippen molar-refractivity contribution in [2.45, 2.75) is 59.7 Å². The molecule has 0 saturated heterocycles. The first-order valence-electron chi connectivity index (χ1n) is 13.0. The van der Waals surface area contributed by atoms with E-state index in [4.69, 9.17) is 23.7 Å². The van der Waals surface area contributed by atoms with Gasteiger partial charge in [-0.2, -0.15) is 0 Å². The molecule has 0 fully saturated rings. The zero-order valence-corrected chi connectivity index (χ0v) is 22.8. The van der Waals surface area contributed by atoms with E-state index in [-0.39, 0.29) is 32.3 Å². The van der Waals surface area contributed by atoms with Gasteiger partial charge in [-0.05, 0) is 69.0 Å². The van der Waals surface area contributed by atoms with Crippen molar-refractivity contribution in [2.75, 3.05) is 20.3 Å². The van der Waals surface area contributed by atoms with Crippen molar-refractivity contribution in [1.82, 2.24) is 4.98 Å². The molecular weight excluding hydrogens is 486 g/mol. The number of esters is 2. The zero-order chi connectivity index (χ0) is 27.5. The highest BCUT2D eigenvalue weighted by Crippen LogP contribution is 2.33. The smallest absolute Gasteiger partial charge is 0.320 e. The molecule has 0 aliphatic rings. The lowest BCUT2D eigenvalue weighted by Crippen LogP contribution is -2.30. The highest BCUT2D eigenvalue weighted by atomic mass is 16.6. The molecular formula is C30H37NO7. The summed E-state index contributed by atoms with van der Waals surface area (Å²) in [4.78, 5) is 29.6. The van der Waals surface area contributed by atoms with Gasteiger partial charge in [0.1, 0.15) is 23.9 Å². The molecule has 8 nitrogen and oxygen atoms in total. The molecule has 0 bridgehead atoms. The molecule has 0 atom stereocenters. The van der Waals surface area contributed by atoms with Gasteiger partial charge in [-0.3, -0.25) is 14.6 Å². The number of methoxy groups -OCH3 is 1. The van der Waals surface area contributed by atoms with Crippen molar-refractivity contribution < 1.29 is 33.3 Å². The van der Waals surface area contributed by atoms with Crippen molar-refractivity contribution in [1.29, 1.82) is 0 Å². The minimum Gasteiger partial charge on any atom is -0.497 e. The molecule has 3 aromatic rings. The van der Waals surface area contributed by atoms with Crippen LogP contribution in [0.5, 0.6) is 17.2 Å². The molecule has 204 valence electrons. The molecule has 0 aliphatic heterocycles. The van der Waals surface area contributed by atoms with E-state index in [0.29, 0.717) is 24.3 Å². The quantitative estimate of drug-likeness (QED) is 0.197. The summed E-state index contributed by atoms with van der Waals surface area (Å²) in [6.07, 6.45) is 3.27. The van der Waals surface area contributed by atoms with Gasteiger partial charge in [-0.1, -0.05) is 26.0 Å². The number of fused-ring (bicyclic) bond motifs is 1. The summed E-state index contributed by atoms with van der Waals surface area (Å²) in [5.41, 5.74) is 2.41. The van der Waals surface area contributed by atoms with Gasteiger partial charge in [0.05, 0.1) is 37.5 Å². The van der Waals surface area contributed by atoms with Crippen molar-refractivity contribution in [3.05, 3.63) is 59.8 Å². The van der Waals surface area contributed by atoms with Crippen molar-refractivity contribution in [2.24, 2.45) is 5.92 Å². The van der Waals surface area contributed by atoms with Crippen LogP contribution in [0.1, 0.15) is 51.7 Å². The van der Waals surface area contributed by atoms with Crippen LogP contribution in [-0.4, -0.2) is 43.4 Å². The maximum absolute atomic E-state index is 12.5. The van der Waals surface area contributed by atoms with Gasteiger partial charge in [0.15, 0.2) is 5.92 Å². The lowest BCUT2D eigenvalue weighted by molar-refractivity contribution is -0.162. The fraction of sp³-hybridized carbons (Fsp3) is 0.433. The zero-order valence-electron chi connectivity index (χ0n) is 22.8. The molecule has 1 heterocycles. The Bertz CT molecular complexity index is 1190. The number of carbonyl (C=O) groups excluding carboxylic acids is 2. The van der Waals surface area contributed by atoms with Gasteiger partial charge in [-0.15, -0.1) is 0 Å². The second-order valence-corrected chi connectivity index (χ2v) is 9.19. The van der Waals surface area contributed by atoms with Gasteiger partial charge < -0.3 is 23.7 Å². The fourth-order valence-corrected chi connectivity index (χ4v) is 3.78. The maximum atomic E-state index is 12.5. The normalized spacial score (nSPS) is 11.0. The third kappa shape index (κ3) is 7.84. The van der Waals surface area contributed by atoms with E-state index in [1.54, 1.807) is 13.3 Å². The minimum absolute atomic E-state index is 0.0363. The Morgan fingerprint density at radius 2 is 1.53 bits per heavy atom. The molecule has 0 N–H and O–H groups in total. The molecule has 1 aromatic heterocycles. The fourth-order valence-electron chi connectivity index (χ4n) is 3.78. The molecule has 0 unspecified atom stereocenters. The van der Waals surface area contributed by atoms with Crippen LogP contribution in [0, 0.1) is 5.92 Å². The second kappa shape index (κ2) is 14.2. The van der Waals surface area contributed by atoms with Gasteiger partial charge in [-0.25, -0.2) is 0 Å². The Balaban J connectivity index is 1.74. The number of benzene rings is 2. The van der Waals surface area contributed by atoms with Crippen molar-refractivity contribution in [3.8, 4) is 17.2 Å². The Morgan fingerprint density at radius 3 is 2.11 bits per heavy atom. The predicted octanol–water partition coefficient (Wildman–Crippen LogP) is 5.67. The number of aromatic nitrogens is 1. The van der Waals surface area contributed by atoms with Crippen LogP contribution in [0.2, 0.25) is 0 Å². The standard InChI is InChI=1S/C30H37NO7/c1-6-14-35-29(32)26(30(33)36-15-7-2)16-21-8-10-23(11-9-21)37-19-22-18-31-27-13-12-24(34-5)17-25(27)28(22)38-20(3)4/h8-13,17-18,20,26H,6-7,14-16,19H2,1-5H3. The minimum atomic E-state index is -1.00. The van der Waals surface area contributed by atoms with E-state index in [2.05, 4.69) is 4.98 Å². The first-order chi connectivity index (χ1) is 18.4. The number of ether oxygens (including phenoxy) is 5. The molecule has 0 amide bonds. The Labute approximate surface area is 224 Å². The lowest BCUT2D eigenvalue weighted by Gasteiger charge is -2.18. The summed E-state index contributed by atoms with van der Waals surface area (Å²) in [7, 11) is 1.62. The van der Waals surface area contributed by atoms with E-state index >= 15 is 0 Å². The van der Waals surface area contributed by atoms with E-state index in [1.807, 2.05) is 70.2 Å². The molecule has 0 radical (unpaired) electrons. The summed E-state index contributed by atoms with van der Waals surface area (Å²) >= 11 is 0. The number of nitrogens with zero attached hydrogens (tertiary/aromatic N) is 1. The van der Waals surface area contributed by atoms with Crippen LogP contribution >= 0.6 is 0 Å². The number of carbonyl (C=O) groups is 2. The molecule has 8 heteroatoms. The average molecular weight is 524 g/mol. The maximum Gasteiger partial charge on any atom is 0.320 e. The van der Waals surface area contributed by atoms with E-state index < -0.39 is 17.9 Å². The Hall–Kier alpha value is -3.81. The van der Waals surface area contributed by atoms with Crippen molar-refractivity contribution in [3.63, 3.8) is 0 Å². The molecule has 0 saturated carbocycles. The average Bonchev–Trinajstić information content (AvgIpc) is 2.92. The molecule has 0 aliphatic carbocycles. The van der Waals surface area contributed by atoms with Crippen LogP contribution in [0.3, 0.4) is 0 Å². The topological polar surface area (TPSA) is 93.2 Å². The van der Waals surface area contributed by atoms with Crippen LogP contribution in [0.25, 0.3) is 10.9 Å². The molecule has 0 spiro atoms. The highest BCUT2D eigenvalue weighted by Gasteiger charge is 2.30. The van der Waals surface area contributed by atoms with Gasteiger partial charge in [0.2, 0.25) is 0 Å².